The summed E-state index contributed by atoms with van der Waals surface area (Å²) in [4.78, 5) is 40.1. The van der Waals surface area contributed by atoms with Gasteiger partial charge in [0.25, 0.3) is 5.91 Å². The van der Waals surface area contributed by atoms with E-state index in [1.807, 2.05) is 13.8 Å². The van der Waals surface area contributed by atoms with Gasteiger partial charge >= 0.3 is 5.97 Å². The fourth-order valence-electron chi connectivity index (χ4n) is 2.79. The lowest BCUT2D eigenvalue weighted by molar-refractivity contribution is -0.142. The Bertz CT molecular complexity index is 1100. The molecule has 0 unspecified atom stereocenters. The first-order chi connectivity index (χ1) is 13.9. The van der Waals surface area contributed by atoms with E-state index in [2.05, 4.69) is 10.3 Å². The number of thiazole rings is 1. The Morgan fingerprint density at radius 2 is 2.17 bits per heavy atom. The number of nitrogens with zero attached hydrogens (tertiary/aromatic N) is 1. The summed E-state index contributed by atoms with van der Waals surface area (Å²) in [6, 6.07) is 3.69. The van der Waals surface area contributed by atoms with Crippen LogP contribution in [0.5, 0.6) is 5.75 Å². The molecule has 1 aromatic carbocycles. The molecule has 3 rings (SSSR count). The quantitative estimate of drug-likeness (QED) is 0.579. The number of amides is 1. The highest BCUT2D eigenvalue weighted by Crippen LogP contribution is 2.24. The van der Waals surface area contributed by atoms with Crippen LogP contribution < -0.4 is 15.5 Å². The number of carbonyl (C=O) groups excluding carboxylic acids is 1. The highest BCUT2D eigenvalue weighted by Gasteiger charge is 2.19. The number of benzene rings is 1. The molecule has 0 fully saturated rings. The van der Waals surface area contributed by atoms with Gasteiger partial charge in [0.15, 0.2) is 6.61 Å². The third-order valence-electron chi connectivity index (χ3n) is 4.22. The van der Waals surface area contributed by atoms with Crippen LogP contribution in [-0.4, -0.2) is 34.6 Å². The number of aryl methyl sites for hydroxylation is 1. The number of carboxylic acids is 1. The number of rotatable bonds is 8. The fourth-order valence-corrected chi connectivity index (χ4v) is 3.41. The largest absolute Gasteiger partial charge is 0.484 e. The fraction of sp³-hybridized carbons (Fsp3) is 0.300. The minimum atomic E-state index is -1.08. The third-order valence-corrected chi connectivity index (χ3v) is 5.00. The number of aromatic nitrogens is 1. The zero-order valence-electron chi connectivity index (χ0n) is 15.9. The molecule has 3 aromatic rings. The van der Waals surface area contributed by atoms with Crippen molar-refractivity contribution in [3.05, 3.63) is 45.1 Å². The molecule has 0 spiro atoms. The number of carbonyl (C=O) groups is 2. The van der Waals surface area contributed by atoms with E-state index < -0.39 is 17.9 Å². The van der Waals surface area contributed by atoms with Crippen LogP contribution in [0, 0.1) is 6.92 Å². The van der Waals surface area contributed by atoms with E-state index in [1.165, 1.54) is 23.7 Å². The molecule has 1 amide bonds. The molecule has 29 heavy (non-hydrogen) atoms. The predicted molar refractivity (Wildman–Crippen MR) is 108 cm³/mol. The first-order valence-electron chi connectivity index (χ1n) is 9.02. The molecule has 8 nitrogen and oxygen atoms in total. The summed E-state index contributed by atoms with van der Waals surface area (Å²) in [5, 5.41) is 14.5. The summed E-state index contributed by atoms with van der Waals surface area (Å²) in [5.41, 5.74) is 1.06. The summed E-state index contributed by atoms with van der Waals surface area (Å²) in [6.07, 6.45) is 2.32. The van der Waals surface area contributed by atoms with E-state index in [0.717, 1.165) is 5.01 Å². The van der Waals surface area contributed by atoms with Gasteiger partial charge in [-0.25, -0.2) is 9.78 Å². The molecule has 0 radical (unpaired) electrons. The number of carboxylic acid groups (broad SMARTS) is 1. The van der Waals surface area contributed by atoms with Gasteiger partial charge in [-0.15, -0.1) is 11.3 Å². The highest BCUT2D eigenvalue weighted by molar-refractivity contribution is 7.09. The van der Waals surface area contributed by atoms with E-state index in [-0.39, 0.29) is 12.0 Å². The van der Waals surface area contributed by atoms with Crippen molar-refractivity contribution in [3.8, 4) is 17.0 Å². The van der Waals surface area contributed by atoms with Crippen LogP contribution in [0.3, 0.4) is 0 Å². The summed E-state index contributed by atoms with van der Waals surface area (Å²) < 4.78 is 11.0. The molecule has 0 bridgehead atoms. The molecule has 2 N–H and O–H groups in total. The van der Waals surface area contributed by atoms with Gasteiger partial charge in [0.05, 0.1) is 21.7 Å². The van der Waals surface area contributed by atoms with Gasteiger partial charge in [-0.05, 0) is 25.5 Å². The molecular weight excluding hydrogens is 396 g/mol. The SMILES string of the molecule is CCC[C@@H](NC(=O)COc1ccc2c(=O)c(-c3csc(C)n3)coc2c1)C(=O)O. The van der Waals surface area contributed by atoms with E-state index in [4.69, 9.17) is 14.3 Å². The number of ether oxygens (including phenoxy) is 1. The first-order valence-corrected chi connectivity index (χ1v) is 9.90. The van der Waals surface area contributed by atoms with E-state index in [9.17, 15) is 14.4 Å². The first kappa shape index (κ1) is 20.5. The predicted octanol–water partition coefficient (Wildman–Crippen LogP) is 2.97. The molecule has 0 aliphatic rings. The lowest BCUT2D eigenvalue weighted by atomic mass is 10.1. The number of hydrogen-bond acceptors (Lipinski definition) is 7. The third kappa shape index (κ3) is 4.80. The van der Waals surface area contributed by atoms with Crippen LogP contribution in [0.2, 0.25) is 0 Å². The smallest absolute Gasteiger partial charge is 0.326 e. The maximum Gasteiger partial charge on any atom is 0.326 e. The Balaban J connectivity index is 1.72. The van der Waals surface area contributed by atoms with Crippen LogP contribution in [0.4, 0.5) is 0 Å². The van der Waals surface area contributed by atoms with Crippen molar-refractivity contribution in [2.75, 3.05) is 6.61 Å². The van der Waals surface area contributed by atoms with Crippen molar-refractivity contribution in [3.63, 3.8) is 0 Å². The van der Waals surface area contributed by atoms with Crippen LogP contribution in [0.15, 0.2) is 39.1 Å². The minimum absolute atomic E-state index is 0.204. The number of aliphatic carboxylic acids is 1. The summed E-state index contributed by atoms with van der Waals surface area (Å²) >= 11 is 1.45. The monoisotopic (exact) mass is 416 g/mol. The normalized spacial score (nSPS) is 11.9. The van der Waals surface area contributed by atoms with E-state index >= 15 is 0 Å². The van der Waals surface area contributed by atoms with Gasteiger partial charge in [-0.1, -0.05) is 13.3 Å². The maximum atomic E-state index is 12.7. The molecule has 0 saturated carbocycles. The summed E-state index contributed by atoms with van der Waals surface area (Å²) in [6.45, 7) is 3.35. The second-order valence-corrected chi connectivity index (χ2v) is 7.49. The lowest BCUT2D eigenvalue weighted by Crippen LogP contribution is -2.42. The van der Waals surface area contributed by atoms with Gasteiger partial charge in [-0.3, -0.25) is 9.59 Å². The zero-order chi connectivity index (χ0) is 21.0. The van der Waals surface area contributed by atoms with Crippen LogP contribution in [0.25, 0.3) is 22.2 Å². The Morgan fingerprint density at radius 3 is 2.83 bits per heavy atom. The van der Waals surface area contributed by atoms with Crippen molar-refractivity contribution in [2.45, 2.75) is 32.7 Å². The lowest BCUT2D eigenvalue weighted by Gasteiger charge is -2.14. The molecule has 0 aliphatic heterocycles. The second kappa shape index (κ2) is 8.87. The molecule has 152 valence electrons. The average molecular weight is 416 g/mol. The number of hydrogen-bond donors (Lipinski definition) is 2. The van der Waals surface area contributed by atoms with Crippen LogP contribution in [-0.2, 0) is 9.59 Å². The Hall–Kier alpha value is -3.20. The summed E-state index contributed by atoms with van der Waals surface area (Å²) in [7, 11) is 0. The van der Waals surface area contributed by atoms with E-state index in [1.54, 1.807) is 17.5 Å². The van der Waals surface area contributed by atoms with Crippen molar-refractivity contribution in [1.82, 2.24) is 10.3 Å². The standard InChI is InChI=1S/C20H20N2O6S/c1-3-4-15(20(25)26)22-18(23)9-27-12-5-6-13-17(7-12)28-8-14(19(13)24)16-10-29-11(2)21-16/h5-8,10,15H,3-4,9H2,1-2H3,(H,22,23)(H,25,26)/t15-/m1/s1. The molecule has 2 aromatic heterocycles. The second-order valence-electron chi connectivity index (χ2n) is 6.42. The highest BCUT2D eigenvalue weighted by atomic mass is 32.1. The average Bonchev–Trinajstić information content (AvgIpc) is 3.12. The zero-order valence-corrected chi connectivity index (χ0v) is 16.7. The van der Waals surface area contributed by atoms with Gasteiger partial charge < -0.3 is 19.6 Å². The van der Waals surface area contributed by atoms with Crippen molar-refractivity contribution in [2.24, 2.45) is 0 Å². The van der Waals surface area contributed by atoms with Crippen LogP contribution in [0.1, 0.15) is 24.8 Å². The molecular formula is C20H20N2O6S. The molecule has 9 heteroatoms. The molecule has 2 heterocycles. The van der Waals surface area contributed by atoms with Crippen molar-refractivity contribution >= 4 is 34.2 Å². The van der Waals surface area contributed by atoms with Gasteiger partial charge in [0.1, 0.15) is 23.6 Å². The molecule has 0 saturated heterocycles. The summed E-state index contributed by atoms with van der Waals surface area (Å²) in [5.74, 6) is -1.30. The minimum Gasteiger partial charge on any atom is -0.484 e. The maximum absolute atomic E-state index is 12.7. The van der Waals surface area contributed by atoms with Crippen LogP contribution >= 0.6 is 11.3 Å². The number of fused-ring (bicyclic) bond motifs is 1. The van der Waals surface area contributed by atoms with Crippen molar-refractivity contribution in [1.29, 1.82) is 0 Å². The van der Waals surface area contributed by atoms with Gasteiger partial charge in [-0.2, -0.15) is 0 Å². The Kier molecular flexibility index (Phi) is 6.28. The van der Waals surface area contributed by atoms with Gasteiger partial charge in [0, 0.05) is 11.4 Å². The number of nitrogens with one attached hydrogen (secondary N) is 1. The van der Waals surface area contributed by atoms with Crippen molar-refractivity contribution < 1.29 is 23.8 Å². The Morgan fingerprint density at radius 1 is 1.38 bits per heavy atom. The topological polar surface area (TPSA) is 119 Å². The molecule has 0 aliphatic carbocycles. The Labute approximate surface area is 170 Å². The molecule has 1 atom stereocenters. The van der Waals surface area contributed by atoms with E-state index in [0.29, 0.717) is 40.8 Å². The van der Waals surface area contributed by atoms with Gasteiger partial charge in [0.2, 0.25) is 5.43 Å².